The maximum absolute atomic E-state index is 11.8. The smallest absolute Gasteiger partial charge is 0.323 e. The van der Waals surface area contributed by atoms with Crippen molar-refractivity contribution < 1.29 is 9.90 Å². The van der Waals surface area contributed by atoms with Crippen LogP contribution in [-0.2, 0) is 0 Å². The van der Waals surface area contributed by atoms with Gasteiger partial charge in [0.25, 0.3) is 0 Å². The number of benzene rings is 1. The molecule has 0 aliphatic heterocycles. The van der Waals surface area contributed by atoms with Gasteiger partial charge in [0.05, 0.1) is 5.69 Å². The van der Waals surface area contributed by atoms with Gasteiger partial charge in [-0.25, -0.2) is 4.79 Å². The average molecular weight is 274 g/mol. The Hall–Kier alpha value is -1.97. The molecule has 0 radical (unpaired) electrons. The zero-order chi connectivity index (χ0) is 14.5. The van der Waals surface area contributed by atoms with E-state index >= 15 is 0 Å². The van der Waals surface area contributed by atoms with Crippen LogP contribution in [0.5, 0.6) is 5.75 Å². The number of rotatable bonds is 3. The molecule has 1 aromatic rings. The molecule has 20 heavy (non-hydrogen) atoms. The van der Waals surface area contributed by atoms with Crippen molar-refractivity contribution >= 4 is 11.7 Å². The first kappa shape index (κ1) is 14.4. The summed E-state index contributed by atoms with van der Waals surface area (Å²) in [7, 11) is 0. The fourth-order valence-corrected chi connectivity index (χ4v) is 2.58. The predicted octanol–water partition coefficient (Wildman–Crippen LogP) is 3.92. The molecule has 1 fully saturated rings. The quantitative estimate of drug-likeness (QED) is 0.732. The number of carbonyl (C=O) groups is 1. The lowest BCUT2D eigenvalue weighted by atomic mass is 10.0. The summed E-state index contributed by atoms with van der Waals surface area (Å²) in [6.45, 7) is 3.94. The molecule has 2 amide bonds. The summed E-state index contributed by atoms with van der Waals surface area (Å²) in [5.41, 5.74) is 2.58. The summed E-state index contributed by atoms with van der Waals surface area (Å²) < 4.78 is 0. The van der Waals surface area contributed by atoms with Gasteiger partial charge in [0.15, 0.2) is 0 Å². The summed E-state index contributed by atoms with van der Waals surface area (Å²) in [6, 6.07) is 4.82. The monoisotopic (exact) mass is 274 g/mol. The van der Waals surface area contributed by atoms with Gasteiger partial charge >= 0.3 is 6.03 Å². The van der Waals surface area contributed by atoms with Crippen LogP contribution in [-0.4, -0.2) is 11.1 Å². The summed E-state index contributed by atoms with van der Waals surface area (Å²) in [5, 5.41) is 15.1. The number of carbonyl (C=O) groups excluding carboxylic acids is 1. The first-order chi connectivity index (χ1) is 9.56. The van der Waals surface area contributed by atoms with E-state index in [2.05, 4.69) is 17.6 Å². The summed E-state index contributed by atoms with van der Waals surface area (Å²) in [5.74, 6) is 0.680. The van der Waals surface area contributed by atoms with Gasteiger partial charge < -0.3 is 15.7 Å². The van der Waals surface area contributed by atoms with Crippen molar-refractivity contribution in [3.05, 3.63) is 35.5 Å². The van der Waals surface area contributed by atoms with Crippen molar-refractivity contribution in [3.8, 4) is 5.75 Å². The Morgan fingerprint density at radius 2 is 2.05 bits per heavy atom. The zero-order valence-electron chi connectivity index (χ0n) is 12.1. The molecule has 1 aromatic carbocycles. The van der Waals surface area contributed by atoms with Gasteiger partial charge in [-0.1, -0.05) is 24.5 Å². The van der Waals surface area contributed by atoms with E-state index in [1.165, 1.54) is 31.3 Å². The van der Waals surface area contributed by atoms with Crippen LogP contribution in [0.2, 0.25) is 0 Å². The lowest BCUT2D eigenvalue weighted by Crippen LogP contribution is -2.24. The fourth-order valence-electron chi connectivity index (χ4n) is 2.58. The molecular weight excluding hydrogens is 252 g/mol. The van der Waals surface area contributed by atoms with Crippen molar-refractivity contribution in [1.29, 1.82) is 0 Å². The van der Waals surface area contributed by atoms with Crippen LogP contribution in [0.1, 0.15) is 38.2 Å². The van der Waals surface area contributed by atoms with E-state index in [1.807, 2.05) is 13.0 Å². The van der Waals surface area contributed by atoms with Crippen LogP contribution in [0.25, 0.3) is 0 Å². The van der Waals surface area contributed by atoms with Crippen LogP contribution in [0.15, 0.2) is 30.0 Å². The van der Waals surface area contributed by atoms with E-state index < -0.39 is 0 Å². The second-order valence-corrected chi connectivity index (χ2v) is 5.49. The van der Waals surface area contributed by atoms with Gasteiger partial charge in [-0.05, 0) is 50.3 Å². The molecule has 0 heterocycles. The average Bonchev–Trinajstić information content (AvgIpc) is 2.93. The van der Waals surface area contributed by atoms with Crippen LogP contribution in [0, 0.1) is 12.8 Å². The van der Waals surface area contributed by atoms with Crippen molar-refractivity contribution in [2.24, 2.45) is 5.92 Å². The normalized spacial score (nSPS) is 16.2. The summed E-state index contributed by atoms with van der Waals surface area (Å²) in [6.07, 6.45) is 6.75. The minimum Gasteiger partial charge on any atom is -0.506 e. The van der Waals surface area contributed by atoms with Crippen LogP contribution in [0.3, 0.4) is 0 Å². The zero-order valence-corrected chi connectivity index (χ0v) is 12.1. The Balaban J connectivity index is 1.90. The third-order valence-corrected chi connectivity index (χ3v) is 3.83. The molecule has 108 valence electrons. The molecule has 0 spiro atoms. The van der Waals surface area contributed by atoms with E-state index in [4.69, 9.17) is 0 Å². The van der Waals surface area contributed by atoms with Gasteiger partial charge in [-0.15, -0.1) is 0 Å². The van der Waals surface area contributed by atoms with Gasteiger partial charge in [0, 0.05) is 6.20 Å². The van der Waals surface area contributed by atoms with Crippen molar-refractivity contribution in [2.75, 3.05) is 5.32 Å². The molecule has 0 unspecified atom stereocenters. The van der Waals surface area contributed by atoms with Crippen molar-refractivity contribution in [3.63, 3.8) is 0 Å². The molecule has 0 bridgehead atoms. The predicted molar refractivity (Wildman–Crippen MR) is 80.7 cm³/mol. The lowest BCUT2D eigenvalue weighted by Gasteiger charge is -2.11. The van der Waals surface area contributed by atoms with E-state index in [0.717, 1.165) is 5.56 Å². The molecule has 0 aromatic heterocycles. The molecule has 4 heteroatoms. The van der Waals surface area contributed by atoms with Crippen molar-refractivity contribution in [2.45, 2.75) is 39.5 Å². The molecule has 1 aliphatic carbocycles. The van der Waals surface area contributed by atoms with Gasteiger partial charge in [0.2, 0.25) is 0 Å². The lowest BCUT2D eigenvalue weighted by molar-refractivity contribution is 0.255. The third-order valence-electron chi connectivity index (χ3n) is 3.83. The van der Waals surface area contributed by atoms with Crippen LogP contribution >= 0.6 is 0 Å². The number of phenolic OH excluding ortho intramolecular Hbond substituents is 1. The van der Waals surface area contributed by atoms with E-state index in [-0.39, 0.29) is 11.8 Å². The number of aromatic hydroxyl groups is 1. The first-order valence-electron chi connectivity index (χ1n) is 7.10. The second kappa shape index (κ2) is 6.46. The molecule has 0 saturated heterocycles. The highest BCUT2D eigenvalue weighted by atomic mass is 16.3. The molecule has 3 N–H and O–H groups in total. The van der Waals surface area contributed by atoms with Crippen LogP contribution < -0.4 is 10.6 Å². The van der Waals surface area contributed by atoms with E-state index in [9.17, 15) is 9.90 Å². The van der Waals surface area contributed by atoms with Gasteiger partial charge in [-0.2, -0.15) is 0 Å². The molecule has 1 saturated carbocycles. The number of phenols is 1. The molecule has 0 atom stereocenters. The number of nitrogens with one attached hydrogen (secondary N) is 2. The highest BCUT2D eigenvalue weighted by Crippen LogP contribution is 2.30. The highest BCUT2D eigenvalue weighted by molar-refractivity contribution is 5.91. The second-order valence-electron chi connectivity index (χ2n) is 5.49. The Labute approximate surface area is 119 Å². The highest BCUT2D eigenvalue weighted by Gasteiger charge is 2.16. The fraction of sp³-hybridized carbons (Fsp3) is 0.438. The standard InChI is InChI=1S/C16H22N2O2/c1-11-7-8-14(15(19)9-11)18-16(20)17-10-12(2)13-5-3-4-6-13/h7-10,13,19H,3-6H2,1-2H3,(H2,17,18,20)/b12-10+. The number of allylic oxidation sites excluding steroid dienone is 1. The Kier molecular flexibility index (Phi) is 4.66. The van der Waals surface area contributed by atoms with Gasteiger partial charge in [0.1, 0.15) is 5.75 Å². The number of urea groups is 1. The number of hydrogen-bond acceptors (Lipinski definition) is 2. The number of amides is 2. The number of aryl methyl sites for hydroxylation is 1. The maximum atomic E-state index is 11.8. The molecule has 1 aliphatic rings. The Morgan fingerprint density at radius 1 is 1.35 bits per heavy atom. The Bertz CT molecular complexity index is 517. The number of anilines is 1. The third kappa shape index (κ3) is 3.76. The summed E-state index contributed by atoms with van der Waals surface area (Å²) in [4.78, 5) is 11.8. The molecular formula is C16H22N2O2. The van der Waals surface area contributed by atoms with Gasteiger partial charge in [-0.3, -0.25) is 0 Å². The van der Waals surface area contributed by atoms with E-state index in [1.54, 1.807) is 18.3 Å². The largest absolute Gasteiger partial charge is 0.506 e. The minimum atomic E-state index is -0.332. The minimum absolute atomic E-state index is 0.0802. The van der Waals surface area contributed by atoms with Crippen molar-refractivity contribution in [1.82, 2.24) is 5.32 Å². The molecule has 4 nitrogen and oxygen atoms in total. The first-order valence-corrected chi connectivity index (χ1v) is 7.10. The Morgan fingerprint density at radius 3 is 2.70 bits per heavy atom. The number of hydrogen-bond donors (Lipinski definition) is 3. The maximum Gasteiger partial charge on any atom is 0.323 e. The summed E-state index contributed by atoms with van der Waals surface area (Å²) >= 11 is 0. The van der Waals surface area contributed by atoms with Crippen LogP contribution in [0.4, 0.5) is 10.5 Å². The molecule has 2 rings (SSSR count). The topological polar surface area (TPSA) is 61.4 Å². The SMILES string of the molecule is C/C(=C\NC(=O)Nc1ccc(C)cc1O)C1CCCC1. The van der Waals surface area contributed by atoms with E-state index in [0.29, 0.717) is 11.6 Å².